The van der Waals surface area contributed by atoms with Crippen molar-refractivity contribution in [3.05, 3.63) is 35.1 Å². The molecule has 2 nitrogen and oxygen atoms in total. The van der Waals surface area contributed by atoms with E-state index in [2.05, 4.69) is 0 Å². The van der Waals surface area contributed by atoms with E-state index >= 15 is 0 Å². The van der Waals surface area contributed by atoms with E-state index in [1.165, 1.54) is 6.07 Å². The van der Waals surface area contributed by atoms with E-state index in [0.29, 0.717) is 0 Å². The molecular formula is C11H10FNO. The minimum Gasteiger partial charge on any atom is -0.374 e. The molecule has 0 radical (unpaired) electrons. The first kappa shape index (κ1) is 9.17. The fourth-order valence-electron chi connectivity index (χ4n) is 1.62. The SMILES string of the molecule is COC1(c2ccc(F)c(C#N)c2)CC1. The molecule has 0 heterocycles. The number of hydrogen-bond donors (Lipinski definition) is 0. The average Bonchev–Trinajstić information content (AvgIpc) is 2.99. The smallest absolute Gasteiger partial charge is 0.140 e. The number of rotatable bonds is 2. The summed E-state index contributed by atoms with van der Waals surface area (Å²) in [5, 5.41) is 8.67. The normalized spacial score (nSPS) is 17.5. The summed E-state index contributed by atoms with van der Waals surface area (Å²) in [5.41, 5.74) is 0.739. The van der Waals surface area contributed by atoms with Crippen molar-refractivity contribution in [2.45, 2.75) is 18.4 Å². The van der Waals surface area contributed by atoms with Crippen LogP contribution in [0.25, 0.3) is 0 Å². The van der Waals surface area contributed by atoms with Gasteiger partial charge in [-0.25, -0.2) is 4.39 Å². The quantitative estimate of drug-likeness (QED) is 0.718. The number of methoxy groups -OCH3 is 1. The lowest BCUT2D eigenvalue weighted by molar-refractivity contribution is 0.0788. The number of nitrogens with zero attached hydrogens (tertiary/aromatic N) is 1. The van der Waals surface area contributed by atoms with Gasteiger partial charge in [-0.05, 0) is 30.5 Å². The second-order valence-corrected chi connectivity index (χ2v) is 3.50. The average molecular weight is 191 g/mol. The summed E-state index contributed by atoms with van der Waals surface area (Å²) < 4.78 is 18.4. The maximum atomic E-state index is 13.0. The van der Waals surface area contributed by atoms with Crippen molar-refractivity contribution in [1.29, 1.82) is 5.26 Å². The molecule has 0 bridgehead atoms. The summed E-state index contributed by atoms with van der Waals surface area (Å²) >= 11 is 0. The molecule has 72 valence electrons. The molecule has 1 aromatic carbocycles. The molecule has 14 heavy (non-hydrogen) atoms. The molecule has 0 amide bonds. The van der Waals surface area contributed by atoms with E-state index in [0.717, 1.165) is 18.4 Å². The lowest BCUT2D eigenvalue weighted by Crippen LogP contribution is -2.09. The van der Waals surface area contributed by atoms with Crippen molar-refractivity contribution in [3.8, 4) is 6.07 Å². The van der Waals surface area contributed by atoms with E-state index in [4.69, 9.17) is 10.00 Å². The molecule has 0 spiro atoms. The second-order valence-electron chi connectivity index (χ2n) is 3.50. The number of ether oxygens (including phenoxy) is 1. The van der Waals surface area contributed by atoms with Gasteiger partial charge in [-0.15, -0.1) is 0 Å². The molecule has 0 N–H and O–H groups in total. The number of nitriles is 1. The molecule has 1 fully saturated rings. The molecule has 0 saturated heterocycles. The third-order valence-corrected chi connectivity index (χ3v) is 2.71. The molecule has 1 saturated carbocycles. The molecule has 1 aromatic rings. The van der Waals surface area contributed by atoms with Crippen LogP contribution in [0.1, 0.15) is 24.0 Å². The first-order chi connectivity index (χ1) is 6.72. The fourth-order valence-corrected chi connectivity index (χ4v) is 1.62. The lowest BCUT2D eigenvalue weighted by atomic mass is 10.0. The Labute approximate surface area is 81.9 Å². The summed E-state index contributed by atoms with van der Waals surface area (Å²) in [7, 11) is 1.64. The second kappa shape index (κ2) is 3.07. The first-order valence-electron chi connectivity index (χ1n) is 4.47. The van der Waals surface area contributed by atoms with Gasteiger partial charge in [0.15, 0.2) is 0 Å². The molecule has 0 unspecified atom stereocenters. The number of hydrogen-bond acceptors (Lipinski definition) is 2. The van der Waals surface area contributed by atoms with Gasteiger partial charge in [-0.3, -0.25) is 0 Å². The Bertz CT molecular complexity index is 404. The Morgan fingerprint density at radius 3 is 2.71 bits per heavy atom. The standard InChI is InChI=1S/C11H10FNO/c1-14-11(4-5-11)9-2-3-10(12)8(6-9)7-13/h2-3,6H,4-5H2,1H3. The molecule has 2 rings (SSSR count). The van der Waals surface area contributed by atoms with E-state index in [1.54, 1.807) is 19.2 Å². The monoisotopic (exact) mass is 191 g/mol. The number of halogens is 1. The highest BCUT2D eigenvalue weighted by molar-refractivity contribution is 5.38. The maximum Gasteiger partial charge on any atom is 0.140 e. The minimum absolute atomic E-state index is 0.0887. The highest BCUT2D eigenvalue weighted by Crippen LogP contribution is 2.48. The van der Waals surface area contributed by atoms with Crippen molar-refractivity contribution in [3.63, 3.8) is 0 Å². The summed E-state index contributed by atoms with van der Waals surface area (Å²) in [4.78, 5) is 0. The van der Waals surface area contributed by atoms with Crippen LogP contribution in [0.5, 0.6) is 0 Å². The Balaban J connectivity index is 2.42. The maximum absolute atomic E-state index is 13.0. The van der Waals surface area contributed by atoms with Crippen molar-refractivity contribution >= 4 is 0 Å². The van der Waals surface area contributed by atoms with E-state index in [1.807, 2.05) is 6.07 Å². The van der Waals surface area contributed by atoms with Gasteiger partial charge < -0.3 is 4.74 Å². The zero-order chi connectivity index (χ0) is 10.2. The predicted molar refractivity (Wildman–Crippen MR) is 49.0 cm³/mol. The zero-order valence-corrected chi connectivity index (χ0v) is 7.88. The van der Waals surface area contributed by atoms with E-state index < -0.39 is 5.82 Å². The van der Waals surface area contributed by atoms with Gasteiger partial charge in [0, 0.05) is 7.11 Å². The Morgan fingerprint density at radius 1 is 1.50 bits per heavy atom. The van der Waals surface area contributed by atoms with E-state index in [-0.39, 0.29) is 11.2 Å². The zero-order valence-electron chi connectivity index (χ0n) is 7.88. The van der Waals surface area contributed by atoms with Gasteiger partial charge in [-0.1, -0.05) is 6.07 Å². The molecule has 1 aliphatic carbocycles. The molecule has 1 aliphatic rings. The van der Waals surface area contributed by atoms with Crippen LogP contribution in [-0.4, -0.2) is 7.11 Å². The summed E-state index contributed by atoms with van der Waals surface area (Å²) in [6.45, 7) is 0. The largest absolute Gasteiger partial charge is 0.374 e. The van der Waals surface area contributed by atoms with Gasteiger partial charge in [0.2, 0.25) is 0 Å². The molecule has 3 heteroatoms. The van der Waals surface area contributed by atoms with Crippen LogP contribution in [-0.2, 0) is 10.3 Å². The third kappa shape index (κ3) is 1.28. The van der Waals surface area contributed by atoms with Crippen LogP contribution in [0.2, 0.25) is 0 Å². The van der Waals surface area contributed by atoms with Crippen LogP contribution in [0.3, 0.4) is 0 Å². The highest BCUT2D eigenvalue weighted by Gasteiger charge is 2.44. The highest BCUT2D eigenvalue weighted by atomic mass is 19.1. The topological polar surface area (TPSA) is 33.0 Å². The summed E-state index contributed by atoms with van der Waals surface area (Å²) in [5.74, 6) is -0.469. The van der Waals surface area contributed by atoms with Crippen molar-refractivity contribution in [2.24, 2.45) is 0 Å². The third-order valence-electron chi connectivity index (χ3n) is 2.71. The van der Waals surface area contributed by atoms with Crippen LogP contribution >= 0.6 is 0 Å². The predicted octanol–water partition coefficient (Wildman–Crippen LogP) is 2.33. The Kier molecular flexibility index (Phi) is 2.01. The lowest BCUT2D eigenvalue weighted by Gasteiger charge is -2.13. The van der Waals surface area contributed by atoms with Crippen molar-refractivity contribution in [2.75, 3.05) is 7.11 Å². The molecule has 0 atom stereocenters. The first-order valence-corrected chi connectivity index (χ1v) is 4.47. The van der Waals surface area contributed by atoms with Crippen molar-refractivity contribution in [1.82, 2.24) is 0 Å². The van der Waals surface area contributed by atoms with Gasteiger partial charge in [0.1, 0.15) is 11.9 Å². The fraction of sp³-hybridized carbons (Fsp3) is 0.364. The molecule has 0 aromatic heterocycles. The van der Waals surface area contributed by atoms with Crippen molar-refractivity contribution < 1.29 is 9.13 Å². The van der Waals surface area contributed by atoms with Gasteiger partial charge >= 0.3 is 0 Å². The number of benzene rings is 1. The summed E-state index contributed by atoms with van der Waals surface area (Å²) in [6.07, 6.45) is 1.89. The molecule has 0 aliphatic heterocycles. The van der Waals surface area contributed by atoms with E-state index in [9.17, 15) is 4.39 Å². The molecular weight excluding hydrogens is 181 g/mol. The van der Waals surface area contributed by atoms with Crippen LogP contribution in [0.4, 0.5) is 4.39 Å². The van der Waals surface area contributed by atoms with Crippen LogP contribution in [0, 0.1) is 17.1 Å². The van der Waals surface area contributed by atoms with Gasteiger partial charge in [-0.2, -0.15) is 5.26 Å². The minimum atomic E-state index is -0.469. The van der Waals surface area contributed by atoms with Gasteiger partial charge in [0.05, 0.1) is 11.2 Å². The van der Waals surface area contributed by atoms with Crippen LogP contribution in [0.15, 0.2) is 18.2 Å². The Hall–Kier alpha value is -1.40. The Morgan fingerprint density at radius 2 is 2.21 bits per heavy atom. The van der Waals surface area contributed by atoms with Gasteiger partial charge in [0.25, 0.3) is 0 Å². The van der Waals surface area contributed by atoms with Crippen LogP contribution < -0.4 is 0 Å². The summed E-state index contributed by atoms with van der Waals surface area (Å²) in [6, 6.07) is 6.42.